The van der Waals surface area contributed by atoms with Crippen molar-refractivity contribution in [1.29, 1.82) is 0 Å². The highest BCUT2D eigenvalue weighted by Crippen LogP contribution is 2.29. The number of nitrogens with zero attached hydrogens (tertiary/aromatic N) is 1. The van der Waals surface area contributed by atoms with Gasteiger partial charge in [0.05, 0.1) is 0 Å². The molecule has 0 aromatic heterocycles. The third kappa shape index (κ3) is 3.45. The predicted octanol–water partition coefficient (Wildman–Crippen LogP) is 1.07. The zero-order valence-electron chi connectivity index (χ0n) is 11.3. The molecule has 1 saturated carbocycles. The summed E-state index contributed by atoms with van der Waals surface area (Å²) in [7, 11) is 1.60. The summed E-state index contributed by atoms with van der Waals surface area (Å²) in [4.78, 5) is 24.7. The van der Waals surface area contributed by atoms with Crippen molar-refractivity contribution >= 4 is 11.9 Å². The Kier molecular flexibility index (Phi) is 5.59. The first-order valence-electron chi connectivity index (χ1n) is 6.70. The van der Waals surface area contributed by atoms with Gasteiger partial charge in [0.2, 0.25) is 5.91 Å². The maximum Gasteiger partial charge on any atom is 0.326 e. The molecule has 0 heterocycles. The molecular formula is C13H24N2O3. The third-order valence-corrected chi connectivity index (χ3v) is 4.02. The van der Waals surface area contributed by atoms with Crippen LogP contribution in [0.2, 0.25) is 0 Å². The zero-order valence-corrected chi connectivity index (χ0v) is 11.3. The number of carbonyl (C=O) groups excluding carboxylic acids is 1. The molecule has 3 N–H and O–H groups in total. The molecule has 0 bridgehead atoms. The minimum absolute atomic E-state index is 0.0220. The molecule has 1 rings (SSSR count). The standard InChI is InChI=1S/C13H24N2O3/c1-3-11(13(17)18)15(2)12(16)10-6-4-9(8-14)5-7-10/h9-11H,3-8,14H2,1-2H3,(H,17,18). The number of hydrogen-bond donors (Lipinski definition) is 2. The van der Waals surface area contributed by atoms with Gasteiger partial charge in [0.1, 0.15) is 6.04 Å². The molecule has 1 fully saturated rings. The van der Waals surface area contributed by atoms with Gasteiger partial charge in [-0.3, -0.25) is 4.79 Å². The summed E-state index contributed by atoms with van der Waals surface area (Å²) in [5, 5.41) is 9.06. The van der Waals surface area contributed by atoms with E-state index in [0.29, 0.717) is 18.9 Å². The Hall–Kier alpha value is -1.10. The molecule has 1 amide bonds. The smallest absolute Gasteiger partial charge is 0.326 e. The molecule has 1 unspecified atom stereocenters. The van der Waals surface area contributed by atoms with Crippen LogP contribution in [0.1, 0.15) is 39.0 Å². The second kappa shape index (κ2) is 6.73. The summed E-state index contributed by atoms with van der Waals surface area (Å²) < 4.78 is 0. The highest BCUT2D eigenvalue weighted by Gasteiger charge is 2.32. The van der Waals surface area contributed by atoms with Crippen LogP contribution < -0.4 is 5.73 Å². The highest BCUT2D eigenvalue weighted by atomic mass is 16.4. The minimum Gasteiger partial charge on any atom is -0.480 e. The normalized spacial score (nSPS) is 25.5. The molecule has 0 saturated heterocycles. The number of carboxylic acids is 1. The Morgan fingerprint density at radius 3 is 2.28 bits per heavy atom. The van der Waals surface area contributed by atoms with Crippen molar-refractivity contribution in [1.82, 2.24) is 4.90 Å². The van der Waals surface area contributed by atoms with Crippen LogP contribution >= 0.6 is 0 Å². The fraction of sp³-hybridized carbons (Fsp3) is 0.846. The van der Waals surface area contributed by atoms with Crippen LogP contribution in [-0.4, -0.2) is 41.5 Å². The van der Waals surface area contributed by atoms with Crippen molar-refractivity contribution in [2.24, 2.45) is 17.6 Å². The molecule has 5 heteroatoms. The minimum atomic E-state index is -0.927. The Bertz CT molecular complexity index is 299. The van der Waals surface area contributed by atoms with Crippen LogP contribution in [0.25, 0.3) is 0 Å². The maximum atomic E-state index is 12.2. The molecule has 1 aliphatic rings. The molecule has 1 atom stereocenters. The summed E-state index contributed by atoms with van der Waals surface area (Å²) in [6, 6.07) is -0.704. The number of likely N-dealkylation sites (N-methyl/N-ethyl adjacent to an activating group) is 1. The number of hydrogen-bond acceptors (Lipinski definition) is 3. The van der Waals surface area contributed by atoms with E-state index in [4.69, 9.17) is 10.8 Å². The zero-order chi connectivity index (χ0) is 13.7. The highest BCUT2D eigenvalue weighted by molar-refractivity contribution is 5.84. The molecule has 0 radical (unpaired) electrons. The summed E-state index contributed by atoms with van der Waals surface area (Å²) in [6.45, 7) is 2.47. The van der Waals surface area contributed by atoms with Gasteiger partial charge in [0.15, 0.2) is 0 Å². The molecule has 104 valence electrons. The molecule has 5 nitrogen and oxygen atoms in total. The average molecular weight is 256 g/mol. The van der Waals surface area contributed by atoms with E-state index in [1.807, 2.05) is 0 Å². The second-order valence-electron chi connectivity index (χ2n) is 5.16. The first-order chi connectivity index (χ1) is 8.51. The lowest BCUT2D eigenvalue weighted by molar-refractivity contribution is -0.151. The van der Waals surface area contributed by atoms with Crippen LogP contribution in [0.4, 0.5) is 0 Å². The van der Waals surface area contributed by atoms with Gasteiger partial charge in [0.25, 0.3) is 0 Å². The van der Waals surface area contributed by atoms with Crippen molar-refractivity contribution in [3.8, 4) is 0 Å². The molecule has 0 aromatic rings. The van der Waals surface area contributed by atoms with E-state index < -0.39 is 12.0 Å². The summed E-state index contributed by atoms with van der Waals surface area (Å²) in [6.07, 6.45) is 4.06. The van der Waals surface area contributed by atoms with Gasteiger partial charge >= 0.3 is 5.97 Å². The van der Waals surface area contributed by atoms with Gasteiger partial charge in [-0.1, -0.05) is 6.92 Å². The maximum absolute atomic E-state index is 12.2. The number of rotatable bonds is 5. The van der Waals surface area contributed by atoms with Crippen molar-refractivity contribution < 1.29 is 14.7 Å². The quantitative estimate of drug-likeness (QED) is 0.770. The molecule has 18 heavy (non-hydrogen) atoms. The molecule has 0 aliphatic heterocycles. The lowest BCUT2D eigenvalue weighted by atomic mass is 9.81. The Morgan fingerprint density at radius 2 is 1.89 bits per heavy atom. The van der Waals surface area contributed by atoms with Gasteiger partial charge in [0, 0.05) is 13.0 Å². The van der Waals surface area contributed by atoms with Gasteiger partial charge in [-0.05, 0) is 44.6 Å². The predicted molar refractivity (Wildman–Crippen MR) is 69.0 cm³/mol. The largest absolute Gasteiger partial charge is 0.480 e. The fourth-order valence-corrected chi connectivity index (χ4v) is 2.70. The van der Waals surface area contributed by atoms with Crippen molar-refractivity contribution in [2.45, 2.75) is 45.1 Å². The summed E-state index contributed by atoms with van der Waals surface area (Å²) >= 11 is 0. The lowest BCUT2D eigenvalue weighted by Gasteiger charge is -2.32. The monoisotopic (exact) mass is 256 g/mol. The number of aliphatic carboxylic acids is 1. The van der Waals surface area contributed by atoms with E-state index in [9.17, 15) is 9.59 Å². The van der Waals surface area contributed by atoms with Crippen molar-refractivity contribution in [3.63, 3.8) is 0 Å². The number of carbonyl (C=O) groups is 2. The molecule has 0 spiro atoms. The number of amides is 1. The van der Waals surface area contributed by atoms with Crippen LogP contribution in [0.3, 0.4) is 0 Å². The number of carboxylic acid groups (broad SMARTS) is 1. The van der Waals surface area contributed by atoms with Crippen molar-refractivity contribution in [2.75, 3.05) is 13.6 Å². The molecule has 0 aromatic carbocycles. The Labute approximate surface area is 108 Å². The number of nitrogens with two attached hydrogens (primary N) is 1. The first-order valence-corrected chi connectivity index (χ1v) is 6.70. The molecular weight excluding hydrogens is 232 g/mol. The van der Waals surface area contributed by atoms with E-state index in [1.165, 1.54) is 4.90 Å². The SMILES string of the molecule is CCC(C(=O)O)N(C)C(=O)C1CCC(CN)CC1. The van der Waals surface area contributed by atoms with E-state index in [-0.39, 0.29) is 11.8 Å². The summed E-state index contributed by atoms with van der Waals surface area (Å²) in [5.74, 6) is -0.448. The van der Waals surface area contributed by atoms with Crippen LogP contribution in [0, 0.1) is 11.8 Å². The van der Waals surface area contributed by atoms with Crippen LogP contribution in [0.15, 0.2) is 0 Å². The van der Waals surface area contributed by atoms with Gasteiger partial charge in [-0.15, -0.1) is 0 Å². The average Bonchev–Trinajstić information content (AvgIpc) is 2.38. The Morgan fingerprint density at radius 1 is 1.33 bits per heavy atom. The Balaban J connectivity index is 2.56. The third-order valence-electron chi connectivity index (χ3n) is 4.02. The first kappa shape index (κ1) is 15.0. The van der Waals surface area contributed by atoms with E-state index in [2.05, 4.69) is 0 Å². The topological polar surface area (TPSA) is 83.6 Å². The van der Waals surface area contributed by atoms with E-state index in [1.54, 1.807) is 14.0 Å². The summed E-state index contributed by atoms with van der Waals surface area (Å²) in [5.41, 5.74) is 5.62. The van der Waals surface area contributed by atoms with Crippen LogP contribution in [-0.2, 0) is 9.59 Å². The fourth-order valence-electron chi connectivity index (χ4n) is 2.70. The second-order valence-corrected chi connectivity index (χ2v) is 5.16. The van der Waals surface area contributed by atoms with Crippen LogP contribution in [0.5, 0.6) is 0 Å². The lowest BCUT2D eigenvalue weighted by Crippen LogP contribution is -2.45. The molecule has 1 aliphatic carbocycles. The van der Waals surface area contributed by atoms with Crippen molar-refractivity contribution in [3.05, 3.63) is 0 Å². The van der Waals surface area contributed by atoms with Gasteiger partial charge in [-0.25, -0.2) is 4.79 Å². The van der Waals surface area contributed by atoms with Gasteiger partial charge < -0.3 is 15.7 Å². The van der Waals surface area contributed by atoms with E-state index in [0.717, 1.165) is 25.7 Å². The van der Waals surface area contributed by atoms with E-state index >= 15 is 0 Å². The van der Waals surface area contributed by atoms with Gasteiger partial charge in [-0.2, -0.15) is 0 Å².